The van der Waals surface area contributed by atoms with Crippen molar-refractivity contribution in [3.8, 4) is 0 Å². The van der Waals surface area contributed by atoms with Gasteiger partial charge in [-0.1, -0.05) is 44.9 Å². The molecule has 1 aromatic rings. The second kappa shape index (κ2) is 10.9. The summed E-state index contributed by atoms with van der Waals surface area (Å²) in [5.41, 5.74) is 4.82. The summed E-state index contributed by atoms with van der Waals surface area (Å²) < 4.78 is 0. The molecule has 0 aliphatic heterocycles. The minimum absolute atomic E-state index is 1.27. The molecule has 0 aromatic heterocycles. The van der Waals surface area contributed by atoms with Crippen molar-refractivity contribution in [1.82, 2.24) is 4.90 Å². The molecule has 1 aliphatic carbocycles. The van der Waals surface area contributed by atoms with Gasteiger partial charge in [0.15, 0.2) is 0 Å². The van der Waals surface area contributed by atoms with Gasteiger partial charge >= 0.3 is 0 Å². The molecule has 1 aliphatic rings. The van der Waals surface area contributed by atoms with Crippen LogP contribution in [0.5, 0.6) is 0 Å². The molecule has 0 fully saturated rings. The van der Waals surface area contributed by atoms with Gasteiger partial charge in [-0.05, 0) is 94.1 Å². The molecule has 0 bridgehead atoms. The summed E-state index contributed by atoms with van der Waals surface area (Å²) in [4.78, 5) is 2.68. The third-order valence-electron chi connectivity index (χ3n) is 5.22. The van der Waals surface area contributed by atoms with Gasteiger partial charge in [0, 0.05) is 0 Å². The van der Waals surface area contributed by atoms with Gasteiger partial charge in [-0.15, -0.1) is 0 Å². The summed E-state index contributed by atoms with van der Waals surface area (Å²) in [6.07, 6.45) is 14.7. The Balaban J connectivity index is 1.69. The first kappa shape index (κ1) is 18.5. The van der Waals surface area contributed by atoms with Gasteiger partial charge in [0.1, 0.15) is 0 Å². The zero-order valence-electron chi connectivity index (χ0n) is 15.6. The van der Waals surface area contributed by atoms with E-state index in [0.717, 1.165) is 0 Å². The maximum atomic E-state index is 2.68. The predicted molar refractivity (Wildman–Crippen MR) is 102 cm³/mol. The molecule has 0 heterocycles. The van der Waals surface area contributed by atoms with Gasteiger partial charge in [0.05, 0.1) is 0 Å². The van der Waals surface area contributed by atoms with Crippen LogP contribution in [0.25, 0.3) is 0 Å². The molecular formula is C22H37N. The number of unbranched alkanes of at least 4 members (excludes halogenated alkanes) is 3. The fourth-order valence-corrected chi connectivity index (χ4v) is 3.84. The number of nitrogens with zero attached hydrogens (tertiary/aromatic N) is 1. The Morgan fingerprint density at radius 1 is 0.783 bits per heavy atom. The number of hydrogen-bond donors (Lipinski definition) is 0. The molecule has 1 aromatic carbocycles. The summed E-state index contributed by atoms with van der Waals surface area (Å²) in [6, 6.07) is 7.28. The lowest BCUT2D eigenvalue weighted by atomic mass is 9.89. The molecule has 0 amide bonds. The molecule has 130 valence electrons. The lowest BCUT2D eigenvalue weighted by Crippen LogP contribution is -2.27. The normalized spacial score (nSPS) is 14.2. The molecule has 2 rings (SSSR count). The minimum Gasteiger partial charge on any atom is -0.303 e. The van der Waals surface area contributed by atoms with Crippen LogP contribution in [0.3, 0.4) is 0 Å². The Kier molecular flexibility index (Phi) is 8.74. The highest BCUT2D eigenvalue weighted by Gasteiger charge is 2.09. The number of rotatable bonds is 11. The Morgan fingerprint density at radius 3 is 2.26 bits per heavy atom. The first-order chi connectivity index (χ1) is 11.3. The predicted octanol–water partition coefficient (Wildman–Crippen LogP) is 5.79. The van der Waals surface area contributed by atoms with Gasteiger partial charge in [-0.25, -0.2) is 0 Å². The average Bonchev–Trinajstić information content (AvgIpc) is 2.58. The van der Waals surface area contributed by atoms with E-state index in [-0.39, 0.29) is 0 Å². The minimum atomic E-state index is 1.27. The number of hydrogen-bond acceptors (Lipinski definition) is 1. The van der Waals surface area contributed by atoms with Crippen LogP contribution >= 0.6 is 0 Å². The monoisotopic (exact) mass is 315 g/mol. The van der Waals surface area contributed by atoms with Crippen molar-refractivity contribution < 1.29 is 0 Å². The van der Waals surface area contributed by atoms with E-state index >= 15 is 0 Å². The van der Waals surface area contributed by atoms with E-state index in [0.29, 0.717) is 0 Å². The standard InChI is InChI=1S/C22H37N/c1-3-5-9-17-23(16-4-2)18-10-8-11-20-14-15-21-12-6-7-13-22(21)19-20/h14-15,19H,3-13,16-18H2,1-2H3. The molecule has 0 saturated carbocycles. The lowest BCUT2D eigenvalue weighted by molar-refractivity contribution is 0.263. The van der Waals surface area contributed by atoms with Gasteiger partial charge in [-0.2, -0.15) is 0 Å². The highest BCUT2D eigenvalue weighted by Crippen LogP contribution is 2.22. The highest BCUT2D eigenvalue weighted by atomic mass is 15.1. The zero-order valence-corrected chi connectivity index (χ0v) is 15.6. The second-order valence-corrected chi connectivity index (χ2v) is 7.32. The Labute approximate surface area is 144 Å². The van der Waals surface area contributed by atoms with Crippen molar-refractivity contribution in [2.75, 3.05) is 19.6 Å². The molecular weight excluding hydrogens is 278 g/mol. The quantitative estimate of drug-likeness (QED) is 0.467. The molecule has 1 nitrogen and oxygen atoms in total. The van der Waals surface area contributed by atoms with Gasteiger partial charge in [-0.3, -0.25) is 0 Å². The van der Waals surface area contributed by atoms with E-state index in [4.69, 9.17) is 0 Å². The van der Waals surface area contributed by atoms with Gasteiger partial charge < -0.3 is 4.90 Å². The van der Waals surface area contributed by atoms with Crippen LogP contribution in [0.1, 0.15) is 81.9 Å². The van der Waals surface area contributed by atoms with Crippen molar-refractivity contribution in [2.24, 2.45) is 0 Å². The molecule has 0 saturated heterocycles. The van der Waals surface area contributed by atoms with Crippen molar-refractivity contribution in [3.05, 3.63) is 34.9 Å². The molecule has 0 atom stereocenters. The Hall–Kier alpha value is -0.820. The molecule has 0 radical (unpaired) electrons. The van der Waals surface area contributed by atoms with E-state index < -0.39 is 0 Å². The van der Waals surface area contributed by atoms with Crippen LogP contribution < -0.4 is 0 Å². The molecule has 0 spiro atoms. The van der Waals surface area contributed by atoms with E-state index in [1.807, 2.05) is 0 Å². The fourth-order valence-electron chi connectivity index (χ4n) is 3.84. The number of aryl methyl sites for hydroxylation is 3. The van der Waals surface area contributed by atoms with E-state index in [2.05, 4.69) is 36.9 Å². The maximum Gasteiger partial charge on any atom is -0.00186 e. The SMILES string of the molecule is CCCCCN(CCC)CCCCc1ccc2c(c1)CCCC2. The lowest BCUT2D eigenvalue weighted by Gasteiger charge is -2.21. The summed E-state index contributed by atoms with van der Waals surface area (Å²) >= 11 is 0. The van der Waals surface area contributed by atoms with E-state index in [9.17, 15) is 0 Å². The third kappa shape index (κ3) is 6.67. The smallest absolute Gasteiger partial charge is 0.00186 e. The van der Waals surface area contributed by atoms with Gasteiger partial charge in [0.25, 0.3) is 0 Å². The molecule has 0 unspecified atom stereocenters. The highest BCUT2D eigenvalue weighted by molar-refractivity contribution is 5.33. The van der Waals surface area contributed by atoms with Crippen LogP contribution in [0.2, 0.25) is 0 Å². The second-order valence-electron chi connectivity index (χ2n) is 7.32. The number of fused-ring (bicyclic) bond motifs is 1. The van der Waals surface area contributed by atoms with Crippen molar-refractivity contribution in [1.29, 1.82) is 0 Å². The Bertz CT molecular complexity index is 438. The average molecular weight is 316 g/mol. The summed E-state index contributed by atoms with van der Waals surface area (Å²) in [5, 5.41) is 0. The summed E-state index contributed by atoms with van der Waals surface area (Å²) in [6.45, 7) is 8.48. The van der Waals surface area contributed by atoms with Crippen molar-refractivity contribution >= 4 is 0 Å². The van der Waals surface area contributed by atoms with Crippen LogP contribution in [0.4, 0.5) is 0 Å². The van der Waals surface area contributed by atoms with Crippen LogP contribution in [-0.2, 0) is 19.3 Å². The summed E-state index contributed by atoms with van der Waals surface area (Å²) in [7, 11) is 0. The van der Waals surface area contributed by atoms with E-state index in [1.54, 1.807) is 16.7 Å². The molecule has 1 heteroatoms. The topological polar surface area (TPSA) is 3.24 Å². The van der Waals surface area contributed by atoms with Crippen LogP contribution in [0, 0.1) is 0 Å². The van der Waals surface area contributed by atoms with Crippen LogP contribution in [-0.4, -0.2) is 24.5 Å². The van der Waals surface area contributed by atoms with Crippen molar-refractivity contribution in [2.45, 2.75) is 84.5 Å². The van der Waals surface area contributed by atoms with Crippen molar-refractivity contribution in [3.63, 3.8) is 0 Å². The number of benzene rings is 1. The van der Waals surface area contributed by atoms with E-state index in [1.165, 1.54) is 90.3 Å². The third-order valence-corrected chi connectivity index (χ3v) is 5.22. The molecule has 0 N–H and O–H groups in total. The first-order valence-corrected chi connectivity index (χ1v) is 10.2. The van der Waals surface area contributed by atoms with Crippen LogP contribution in [0.15, 0.2) is 18.2 Å². The fraction of sp³-hybridized carbons (Fsp3) is 0.727. The zero-order chi connectivity index (χ0) is 16.3. The first-order valence-electron chi connectivity index (χ1n) is 10.2. The van der Waals surface area contributed by atoms with Gasteiger partial charge in [0.2, 0.25) is 0 Å². The molecule has 23 heavy (non-hydrogen) atoms. The Morgan fingerprint density at radius 2 is 1.52 bits per heavy atom. The summed E-state index contributed by atoms with van der Waals surface area (Å²) in [5.74, 6) is 0. The maximum absolute atomic E-state index is 2.68. The largest absolute Gasteiger partial charge is 0.303 e.